The van der Waals surface area contributed by atoms with Crippen LogP contribution in [0, 0.1) is 18.8 Å². The molecule has 86 valence electrons. The molecule has 0 saturated heterocycles. The molecule has 0 aromatic carbocycles. The van der Waals surface area contributed by atoms with Gasteiger partial charge in [-0.05, 0) is 31.7 Å². The second kappa shape index (κ2) is 3.86. The Morgan fingerprint density at radius 1 is 1.62 bits per heavy atom. The summed E-state index contributed by atoms with van der Waals surface area (Å²) in [4.78, 5) is 5.65. The van der Waals surface area contributed by atoms with Gasteiger partial charge in [0.25, 0.3) is 0 Å². The van der Waals surface area contributed by atoms with Gasteiger partial charge in [0.05, 0.1) is 11.4 Å². The van der Waals surface area contributed by atoms with Crippen LogP contribution in [0.15, 0.2) is 11.6 Å². The van der Waals surface area contributed by atoms with Crippen molar-refractivity contribution in [1.29, 1.82) is 0 Å². The zero-order valence-electron chi connectivity index (χ0n) is 9.73. The van der Waals surface area contributed by atoms with Crippen molar-refractivity contribution in [2.24, 2.45) is 11.8 Å². The Labute approximate surface area is 99.5 Å². The van der Waals surface area contributed by atoms with Gasteiger partial charge in [-0.3, -0.25) is 4.40 Å². The topological polar surface area (TPSA) is 29.3 Å². The molecule has 0 bridgehead atoms. The van der Waals surface area contributed by atoms with E-state index >= 15 is 0 Å². The molecule has 0 amide bonds. The van der Waals surface area contributed by atoms with Gasteiger partial charge < -0.3 is 5.32 Å². The van der Waals surface area contributed by atoms with Crippen LogP contribution < -0.4 is 5.32 Å². The summed E-state index contributed by atoms with van der Waals surface area (Å²) in [5.41, 5.74) is 2.47. The molecular formula is C12H17N3S. The zero-order valence-corrected chi connectivity index (χ0v) is 10.5. The average Bonchev–Trinajstić information content (AvgIpc) is 2.67. The highest BCUT2D eigenvalue weighted by Crippen LogP contribution is 2.36. The summed E-state index contributed by atoms with van der Waals surface area (Å²) >= 11 is 1.70. The first kappa shape index (κ1) is 10.3. The maximum atomic E-state index is 4.54. The van der Waals surface area contributed by atoms with Crippen molar-refractivity contribution in [1.82, 2.24) is 14.7 Å². The molecule has 16 heavy (non-hydrogen) atoms. The van der Waals surface area contributed by atoms with E-state index in [-0.39, 0.29) is 0 Å². The van der Waals surface area contributed by atoms with Gasteiger partial charge in [0, 0.05) is 18.1 Å². The number of rotatable bonds is 4. The molecule has 3 rings (SSSR count). The molecule has 2 unspecified atom stereocenters. The number of aryl methyl sites for hydroxylation is 1. The lowest BCUT2D eigenvalue weighted by Crippen LogP contribution is -2.18. The van der Waals surface area contributed by atoms with Crippen LogP contribution in [0.1, 0.15) is 24.7 Å². The molecule has 2 atom stereocenters. The standard InChI is InChI=1S/C12H17N3S/c1-8-5-10(8)6-13-7-11-9(2)14-12-15(11)3-4-16-12/h3-4,8,10,13H,5-7H2,1-2H3. The molecule has 1 aliphatic carbocycles. The summed E-state index contributed by atoms with van der Waals surface area (Å²) in [7, 11) is 0. The second-order valence-corrected chi connectivity index (χ2v) is 5.68. The van der Waals surface area contributed by atoms with Crippen LogP contribution >= 0.6 is 11.3 Å². The van der Waals surface area contributed by atoms with Crippen LogP contribution in [0.2, 0.25) is 0 Å². The van der Waals surface area contributed by atoms with E-state index in [1.54, 1.807) is 11.3 Å². The largest absolute Gasteiger partial charge is 0.311 e. The van der Waals surface area contributed by atoms with E-state index in [0.717, 1.165) is 35.6 Å². The first-order valence-electron chi connectivity index (χ1n) is 5.87. The number of thiazole rings is 1. The normalized spacial score (nSPS) is 24.1. The molecule has 1 fully saturated rings. The lowest BCUT2D eigenvalue weighted by molar-refractivity contribution is 0.602. The molecule has 0 radical (unpaired) electrons. The smallest absolute Gasteiger partial charge is 0.194 e. The van der Waals surface area contributed by atoms with E-state index in [4.69, 9.17) is 0 Å². The molecule has 0 spiro atoms. The molecule has 1 aliphatic rings. The van der Waals surface area contributed by atoms with Crippen molar-refractivity contribution in [3.05, 3.63) is 23.0 Å². The van der Waals surface area contributed by atoms with Gasteiger partial charge in [-0.15, -0.1) is 11.3 Å². The van der Waals surface area contributed by atoms with E-state index < -0.39 is 0 Å². The molecule has 0 aliphatic heterocycles. The van der Waals surface area contributed by atoms with Crippen LogP contribution in [0.25, 0.3) is 4.96 Å². The highest BCUT2D eigenvalue weighted by atomic mass is 32.1. The van der Waals surface area contributed by atoms with Gasteiger partial charge in [-0.2, -0.15) is 0 Å². The molecule has 2 aromatic heterocycles. The fourth-order valence-corrected chi connectivity index (χ4v) is 2.99. The van der Waals surface area contributed by atoms with E-state index in [1.807, 2.05) is 0 Å². The molecule has 1 saturated carbocycles. The van der Waals surface area contributed by atoms with Crippen molar-refractivity contribution in [2.45, 2.75) is 26.8 Å². The number of imidazole rings is 1. The fraction of sp³-hybridized carbons (Fsp3) is 0.583. The van der Waals surface area contributed by atoms with Crippen LogP contribution in [-0.4, -0.2) is 15.9 Å². The monoisotopic (exact) mass is 235 g/mol. The van der Waals surface area contributed by atoms with Gasteiger partial charge in [-0.25, -0.2) is 4.98 Å². The molecule has 3 nitrogen and oxygen atoms in total. The SMILES string of the molecule is Cc1nc2sccn2c1CNCC1CC1C. The Bertz CT molecular complexity index is 499. The van der Waals surface area contributed by atoms with Crippen LogP contribution in [0.3, 0.4) is 0 Å². The minimum atomic E-state index is 0.909. The zero-order chi connectivity index (χ0) is 11.1. The minimum Gasteiger partial charge on any atom is -0.311 e. The minimum absolute atomic E-state index is 0.909. The summed E-state index contributed by atoms with van der Waals surface area (Å²) in [6, 6.07) is 0. The first-order valence-corrected chi connectivity index (χ1v) is 6.75. The first-order chi connectivity index (χ1) is 7.75. The number of aromatic nitrogens is 2. The predicted molar refractivity (Wildman–Crippen MR) is 66.8 cm³/mol. The highest BCUT2D eigenvalue weighted by molar-refractivity contribution is 7.15. The number of nitrogens with zero attached hydrogens (tertiary/aromatic N) is 2. The Hall–Kier alpha value is -0.870. The van der Waals surface area contributed by atoms with Gasteiger partial charge in [0.2, 0.25) is 0 Å². The lowest BCUT2D eigenvalue weighted by atomic mass is 10.3. The maximum absolute atomic E-state index is 4.54. The van der Waals surface area contributed by atoms with Crippen molar-refractivity contribution >= 4 is 16.3 Å². The average molecular weight is 235 g/mol. The van der Waals surface area contributed by atoms with Gasteiger partial charge in [-0.1, -0.05) is 6.92 Å². The van der Waals surface area contributed by atoms with Crippen molar-refractivity contribution in [3.63, 3.8) is 0 Å². The summed E-state index contributed by atoms with van der Waals surface area (Å²) in [5.74, 6) is 1.84. The summed E-state index contributed by atoms with van der Waals surface area (Å²) in [6.45, 7) is 6.51. The van der Waals surface area contributed by atoms with Gasteiger partial charge in [0.15, 0.2) is 4.96 Å². The van der Waals surface area contributed by atoms with E-state index in [2.05, 4.69) is 40.1 Å². The van der Waals surface area contributed by atoms with Crippen molar-refractivity contribution in [2.75, 3.05) is 6.54 Å². The van der Waals surface area contributed by atoms with E-state index in [0.29, 0.717) is 0 Å². The molecule has 4 heteroatoms. The molecular weight excluding hydrogens is 218 g/mol. The number of fused-ring (bicyclic) bond motifs is 1. The Kier molecular flexibility index (Phi) is 2.48. The molecule has 1 N–H and O–H groups in total. The van der Waals surface area contributed by atoms with E-state index in [1.165, 1.54) is 12.1 Å². The third-order valence-electron chi connectivity index (χ3n) is 3.54. The summed E-state index contributed by atoms with van der Waals surface area (Å²) in [6.07, 6.45) is 3.50. The van der Waals surface area contributed by atoms with Crippen LogP contribution in [0.5, 0.6) is 0 Å². The van der Waals surface area contributed by atoms with Crippen molar-refractivity contribution < 1.29 is 0 Å². The number of nitrogens with one attached hydrogen (secondary N) is 1. The second-order valence-electron chi connectivity index (χ2n) is 4.80. The summed E-state index contributed by atoms with van der Waals surface area (Å²) in [5, 5.41) is 5.64. The maximum Gasteiger partial charge on any atom is 0.194 e. The van der Waals surface area contributed by atoms with Crippen molar-refractivity contribution in [3.8, 4) is 0 Å². The quantitative estimate of drug-likeness (QED) is 0.882. The van der Waals surface area contributed by atoms with Crippen LogP contribution in [0.4, 0.5) is 0 Å². The Morgan fingerprint density at radius 3 is 3.19 bits per heavy atom. The summed E-state index contributed by atoms with van der Waals surface area (Å²) < 4.78 is 2.20. The Morgan fingerprint density at radius 2 is 2.44 bits per heavy atom. The predicted octanol–water partition coefficient (Wildman–Crippen LogP) is 2.45. The Balaban J connectivity index is 1.68. The van der Waals surface area contributed by atoms with Gasteiger partial charge >= 0.3 is 0 Å². The third kappa shape index (κ3) is 1.76. The lowest BCUT2D eigenvalue weighted by Gasteiger charge is -2.04. The van der Waals surface area contributed by atoms with E-state index in [9.17, 15) is 0 Å². The fourth-order valence-electron chi connectivity index (χ4n) is 2.21. The number of hydrogen-bond acceptors (Lipinski definition) is 3. The molecule has 2 aromatic rings. The number of hydrogen-bond donors (Lipinski definition) is 1. The molecule has 2 heterocycles. The van der Waals surface area contributed by atoms with Gasteiger partial charge in [0.1, 0.15) is 0 Å². The van der Waals surface area contributed by atoms with Crippen LogP contribution in [-0.2, 0) is 6.54 Å². The highest BCUT2D eigenvalue weighted by Gasteiger charge is 2.31. The third-order valence-corrected chi connectivity index (χ3v) is 4.29.